The second-order valence-electron chi connectivity index (χ2n) is 11.8. The summed E-state index contributed by atoms with van der Waals surface area (Å²) in [5.74, 6) is 1.55. The molecule has 52 heavy (non-hydrogen) atoms. The van der Waals surface area contributed by atoms with Crippen LogP contribution in [-0.4, -0.2) is 9.13 Å². The third-order valence-electron chi connectivity index (χ3n) is 8.77. The Labute approximate surface area is 284 Å². The zero-order valence-corrected chi connectivity index (χ0v) is 26.0. The van der Waals surface area contributed by atoms with Crippen molar-refractivity contribution in [3.8, 4) is 34.4 Å². The SMILES string of the molecule is O=c1oc(=O)c2cc3c(=O)n(-c4ccc(Oc5cccc(Oc6ccc(-n7c(=O)c8cc9c(=O)oc(=O)c9cc8c7=O)cc6)c5)cc4)c(=O)c3cc12. The molecule has 0 amide bonds. The third-order valence-corrected chi connectivity index (χ3v) is 8.77. The summed E-state index contributed by atoms with van der Waals surface area (Å²) in [6.07, 6.45) is 0. The average molecular weight is 693 g/mol. The molecule has 0 saturated heterocycles. The monoisotopic (exact) mass is 692 g/mol. The first-order chi connectivity index (χ1) is 25.0. The van der Waals surface area contributed by atoms with E-state index in [2.05, 4.69) is 8.83 Å². The molecular formula is C38H16N2O12. The van der Waals surface area contributed by atoms with Crippen molar-refractivity contribution in [1.29, 1.82) is 0 Å². The van der Waals surface area contributed by atoms with Crippen LogP contribution in [0.15, 0.2) is 144 Å². The number of hydrogen-bond acceptors (Lipinski definition) is 12. The molecule has 0 aliphatic rings. The van der Waals surface area contributed by atoms with Crippen molar-refractivity contribution < 1.29 is 18.3 Å². The van der Waals surface area contributed by atoms with Crippen LogP contribution in [0.4, 0.5) is 0 Å². The molecule has 9 aromatic rings. The normalized spacial score (nSPS) is 11.7. The second kappa shape index (κ2) is 10.9. The molecule has 0 aliphatic heterocycles. The van der Waals surface area contributed by atoms with E-state index in [4.69, 9.17) is 9.47 Å². The van der Waals surface area contributed by atoms with E-state index < -0.39 is 44.7 Å². The fourth-order valence-electron chi connectivity index (χ4n) is 6.31. The molecule has 9 rings (SSSR count). The van der Waals surface area contributed by atoms with Crippen LogP contribution in [0.5, 0.6) is 23.0 Å². The summed E-state index contributed by atoms with van der Waals surface area (Å²) in [5.41, 5.74) is -5.63. The lowest BCUT2D eigenvalue weighted by molar-refractivity contribution is 0.460. The van der Waals surface area contributed by atoms with Crippen LogP contribution in [0.25, 0.3) is 54.5 Å². The zero-order chi connectivity index (χ0) is 36.0. The van der Waals surface area contributed by atoms with E-state index in [9.17, 15) is 38.4 Å². The van der Waals surface area contributed by atoms with Gasteiger partial charge in [-0.15, -0.1) is 0 Å². The first-order valence-corrected chi connectivity index (χ1v) is 15.4. The maximum Gasteiger partial charge on any atom is 0.346 e. The summed E-state index contributed by atoms with van der Waals surface area (Å²) in [6.45, 7) is 0. The summed E-state index contributed by atoms with van der Waals surface area (Å²) >= 11 is 0. The fourth-order valence-corrected chi connectivity index (χ4v) is 6.31. The highest BCUT2D eigenvalue weighted by atomic mass is 16.5. The summed E-state index contributed by atoms with van der Waals surface area (Å²) in [7, 11) is 0. The molecular weight excluding hydrogens is 676 g/mol. The van der Waals surface area contributed by atoms with Crippen molar-refractivity contribution in [1.82, 2.24) is 9.13 Å². The molecule has 0 unspecified atom stereocenters. The predicted molar refractivity (Wildman–Crippen MR) is 188 cm³/mol. The van der Waals surface area contributed by atoms with Crippen LogP contribution in [0.2, 0.25) is 0 Å². The van der Waals surface area contributed by atoms with Crippen molar-refractivity contribution in [2.24, 2.45) is 0 Å². The smallest absolute Gasteiger partial charge is 0.346 e. The maximum atomic E-state index is 13.1. The Morgan fingerprint density at radius 1 is 0.346 bits per heavy atom. The molecule has 0 fully saturated rings. The molecule has 14 nitrogen and oxygen atoms in total. The van der Waals surface area contributed by atoms with Crippen molar-refractivity contribution in [2.45, 2.75) is 0 Å². The van der Waals surface area contributed by atoms with Crippen LogP contribution in [0.1, 0.15) is 0 Å². The van der Waals surface area contributed by atoms with Crippen LogP contribution in [0, 0.1) is 0 Å². The highest BCUT2D eigenvalue weighted by Gasteiger charge is 2.20. The fraction of sp³-hybridized carbons (Fsp3) is 0. The van der Waals surface area contributed by atoms with E-state index in [0.717, 1.165) is 9.13 Å². The van der Waals surface area contributed by atoms with Gasteiger partial charge in [-0.05, 0) is 84.9 Å². The minimum atomic E-state index is -0.879. The Morgan fingerprint density at radius 2 is 0.654 bits per heavy atom. The summed E-state index contributed by atoms with van der Waals surface area (Å²) in [4.78, 5) is 100. The maximum absolute atomic E-state index is 13.1. The Hall–Kier alpha value is -7.74. The van der Waals surface area contributed by atoms with Crippen molar-refractivity contribution in [3.63, 3.8) is 0 Å². The molecule has 0 atom stereocenters. The van der Waals surface area contributed by atoms with Crippen LogP contribution >= 0.6 is 0 Å². The molecule has 4 heterocycles. The molecule has 0 radical (unpaired) electrons. The Kier molecular flexibility index (Phi) is 6.35. The number of ether oxygens (including phenoxy) is 2. The minimum Gasteiger partial charge on any atom is -0.457 e. The van der Waals surface area contributed by atoms with Gasteiger partial charge in [-0.3, -0.25) is 19.2 Å². The minimum absolute atomic E-state index is 0.0121. The van der Waals surface area contributed by atoms with Gasteiger partial charge in [-0.1, -0.05) is 6.07 Å². The van der Waals surface area contributed by atoms with Gasteiger partial charge in [0.15, 0.2) is 0 Å². The number of nitrogens with zero attached hydrogens (tertiary/aromatic N) is 2. The average Bonchev–Trinajstić information content (AvgIpc) is 3.76. The summed E-state index contributed by atoms with van der Waals surface area (Å²) in [6, 6.07) is 23.8. The largest absolute Gasteiger partial charge is 0.457 e. The van der Waals surface area contributed by atoms with Crippen LogP contribution in [-0.2, 0) is 0 Å². The van der Waals surface area contributed by atoms with Gasteiger partial charge in [0.25, 0.3) is 22.2 Å². The van der Waals surface area contributed by atoms with Crippen molar-refractivity contribution >= 4 is 43.1 Å². The molecule has 0 aliphatic carbocycles. The number of furan rings is 2. The summed E-state index contributed by atoms with van der Waals surface area (Å²) < 4.78 is 22.9. The van der Waals surface area contributed by atoms with Gasteiger partial charge >= 0.3 is 22.5 Å². The van der Waals surface area contributed by atoms with E-state index in [1.165, 1.54) is 48.5 Å². The van der Waals surface area contributed by atoms with Gasteiger partial charge in [-0.25, -0.2) is 28.3 Å². The number of fused-ring (bicyclic) bond motifs is 4. The van der Waals surface area contributed by atoms with Crippen molar-refractivity contribution in [2.75, 3.05) is 0 Å². The Morgan fingerprint density at radius 3 is 0.962 bits per heavy atom. The lowest BCUT2D eigenvalue weighted by Gasteiger charge is -2.10. The van der Waals surface area contributed by atoms with Gasteiger partial charge in [0, 0.05) is 6.07 Å². The van der Waals surface area contributed by atoms with E-state index in [-0.39, 0.29) is 54.5 Å². The molecule has 250 valence electrons. The summed E-state index contributed by atoms with van der Waals surface area (Å²) in [5, 5.41) is -0.327. The first kappa shape index (κ1) is 30.3. The van der Waals surface area contributed by atoms with Crippen LogP contribution in [0.3, 0.4) is 0 Å². The lowest BCUT2D eigenvalue weighted by Crippen LogP contribution is -2.23. The molecule has 0 saturated carbocycles. The highest BCUT2D eigenvalue weighted by Crippen LogP contribution is 2.29. The van der Waals surface area contributed by atoms with E-state index in [1.807, 2.05) is 0 Å². The quantitative estimate of drug-likeness (QED) is 0.248. The lowest BCUT2D eigenvalue weighted by atomic mass is 10.1. The molecule has 14 heteroatoms. The number of benzene rings is 5. The van der Waals surface area contributed by atoms with Gasteiger partial charge in [-0.2, -0.15) is 0 Å². The van der Waals surface area contributed by atoms with E-state index in [0.29, 0.717) is 23.0 Å². The van der Waals surface area contributed by atoms with Gasteiger partial charge in [0.1, 0.15) is 23.0 Å². The number of rotatable bonds is 6. The topological polar surface area (TPSA) is 191 Å². The Balaban J connectivity index is 0.945. The Bertz CT molecular complexity index is 3030. The van der Waals surface area contributed by atoms with Crippen LogP contribution < -0.4 is 54.2 Å². The molecule has 0 N–H and O–H groups in total. The predicted octanol–water partition coefficient (Wildman–Crippen LogP) is 3.28. The first-order valence-electron chi connectivity index (χ1n) is 15.4. The highest BCUT2D eigenvalue weighted by molar-refractivity contribution is 5.98. The van der Waals surface area contributed by atoms with Gasteiger partial charge in [0.05, 0.1) is 54.5 Å². The number of aromatic nitrogens is 2. The van der Waals surface area contributed by atoms with Crippen molar-refractivity contribution in [3.05, 3.63) is 180 Å². The standard InChI is InChI=1S/C38H16N2O12/c41-31-23-13-27-28(36(46)51-35(27)45)14-24(23)32(42)39(31)17-4-8-19(9-5-17)49-21-2-1-3-22(12-21)50-20-10-6-18(7-11-20)40-33(43)25-15-29-30(16-26(25)34(40)44)38(48)52-37(29)47/h1-16H. The molecule has 5 aromatic carbocycles. The second-order valence-corrected chi connectivity index (χ2v) is 11.8. The molecule has 0 spiro atoms. The van der Waals surface area contributed by atoms with E-state index in [1.54, 1.807) is 48.5 Å². The molecule has 0 bridgehead atoms. The van der Waals surface area contributed by atoms with E-state index >= 15 is 0 Å². The zero-order valence-electron chi connectivity index (χ0n) is 26.0. The molecule has 4 aromatic heterocycles. The number of hydrogen-bond donors (Lipinski definition) is 0. The third kappa shape index (κ3) is 4.51. The van der Waals surface area contributed by atoms with Gasteiger partial charge in [0.2, 0.25) is 0 Å². The van der Waals surface area contributed by atoms with Gasteiger partial charge < -0.3 is 18.3 Å².